The molecule has 0 radical (unpaired) electrons. The molecular formula is C18H36N4O3S. The lowest BCUT2D eigenvalue weighted by Gasteiger charge is -2.35. The number of carbonyl (C=O) groups is 1. The predicted octanol–water partition coefficient (Wildman–Crippen LogP) is 0.580. The van der Waals surface area contributed by atoms with Crippen LogP contribution in [-0.2, 0) is 14.8 Å². The van der Waals surface area contributed by atoms with Crippen LogP contribution in [0.15, 0.2) is 0 Å². The zero-order chi connectivity index (χ0) is 19.2. The maximum Gasteiger partial charge on any atom is 0.238 e. The van der Waals surface area contributed by atoms with E-state index in [-0.39, 0.29) is 11.7 Å². The van der Waals surface area contributed by atoms with Gasteiger partial charge in [0.05, 0.1) is 5.75 Å². The number of nitrogens with one attached hydrogen (secondary N) is 1. The number of hydrogen-bond donors (Lipinski definition) is 1. The van der Waals surface area contributed by atoms with Crippen LogP contribution in [0.4, 0.5) is 0 Å². The van der Waals surface area contributed by atoms with Gasteiger partial charge in [-0.15, -0.1) is 0 Å². The molecule has 0 aromatic heterocycles. The summed E-state index contributed by atoms with van der Waals surface area (Å²) in [5.74, 6) is 0.345. The standard InChI is InChI=1S/C18H36N4O3S/c1-4-13-26(24,25)22-8-6-5-7-17(22)18(23)19-14-16(2)15-21-11-9-20(3)10-12-21/h16-17H,4-15H2,1-3H3,(H,19,23). The van der Waals surface area contributed by atoms with Crippen LogP contribution in [0, 0.1) is 5.92 Å². The van der Waals surface area contributed by atoms with Gasteiger partial charge in [-0.05, 0) is 32.2 Å². The van der Waals surface area contributed by atoms with Crippen LogP contribution in [0.1, 0.15) is 39.5 Å². The van der Waals surface area contributed by atoms with Crippen molar-refractivity contribution < 1.29 is 13.2 Å². The number of hydrogen-bond acceptors (Lipinski definition) is 5. The first-order chi connectivity index (χ1) is 12.3. The maximum atomic E-state index is 12.7. The number of amides is 1. The molecule has 0 aromatic carbocycles. The number of carbonyl (C=O) groups excluding carboxylic acids is 1. The summed E-state index contributed by atoms with van der Waals surface area (Å²) in [6.07, 6.45) is 2.95. The quantitative estimate of drug-likeness (QED) is 0.659. The van der Waals surface area contributed by atoms with E-state index < -0.39 is 16.1 Å². The molecule has 2 atom stereocenters. The molecule has 2 aliphatic heterocycles. The van der Waals surface area contributed by atoms with Crippen molar-refractivity contribution in [3.8, 4) is 0 Å². The Morgan fingerprint density at radius 3 is 2.50 bits per heavy atom. The van der Waals surface area contributed by atoms with Crippen LogP contribution >= 0.6 is 0 Å². The van der Waals surface area contributed by atoms with Gasteiger partial charge >= 0.3 is 0 Å². The van der Waals surface area contributed by atoms with Crippen LogP contribution in [-0.4, -0.2) is 93.1 Å². The Morgan fingerprint density at radius 2 is 1.85 bits per heavy atom. The fourth-order valence-electron chi connectivity index (χ4n) is 3.80. The summed E-state index contributed by atoms with van der Waals surface area (Å²) in [7, 11) is -1.19. The van der Waals surface area contributed by atoms with Crippen molar-refractivity contribution in [1.82, 2.24) is 19.4 Å². The molecule has 2 saturated heterocycles. The predicted molar refractivity (Wildman–Crippen MR) is 105 cm³/mol. The topological polar surface area (TPSA) is 73.0 Å². The Hall–Kier alpha value is -0.700. The molecular weight excluding hydrogens is 352 g/mol. The van der Waals surface area contributed by atoms with Crippen molar-refractivity contribution in [3.63, 3.8) is 0 Å². The number of likely N-dealkylation sites (N-methyl/N-ethyl adjacent to an activating group) is 1. The summed E-state index contributed by atoms with van der Waals surface area (Å²) in [5.41, 5.74) is 0. The van der Waals surface area contributed by atoms with Crippen LogP contribution < -0.4 is 5.32 Å². The maximum absolute atomic E-state index is 12.7. The fourth-order valence-corrected chi connectivity index (χ4v) is 5.55. The molecule has 0 saturated carbocycles. The molecule has 0 aromatic rings. The first kappa shape index (κ1) is 21.6. The van der Waals surface area contributed by atoms with Gasteiger partial charge in [0.25, 0.3) is 0 Å². The van der Waals surface area contributed by atoms with Gasteiger partial charge in [-0.25, -0.2) is 8.42 Å². The Morgan fingerprint density at radius 1 is 1.15 bits per heavy atom. The van der Waals surface area contributed by atoms with E-state index in [0.29, 0.717) is 31.8 Å². The summed E-state index contributed by atoms with van der Waals surface area (Å²) in [6, 6.07) is -0.531. The third kappa shape index (κ3) is 6.18. The van der Waals surface area contributed by atoms with Gasteiger partial charge in [0.1, 0.15) is 6.04 Å². The van der Waals surface area contributed by atoms with Crippen molar-refractivity contribution in [2.24, 2.45) is 5.92 Å². The van der Waals surface area contributed by atoms with E-state index in [9.17, 15) is 13.2 Å². The second-order valence-electron chi connectivity index (χ2n) is 7.89. The van der Waals surface area contributed by atoms with Gasteiger partial charge in [0.2, 0.25) is 15.9 Å². The van der Waals surface area contributed by atoms with Gasteiger partial charge in [0, 0.05) is 45.8 Å². The van der Waals surface area contributed by atoms with E-state index in [4.69, 9.17) is 0 Å². The van der Waals surface area contributed by atoms with Crippen molar-refractivity contribution >= 4 is 15.9 Å². The highest BCUT2D eigenvalue weighted by Gasteiger charge is 2.36. The summed E-state index contributed by atoms with van der Waals surface area (Å²) in [6.45, 7) is 10.4. The van der Waals surface area contributed by atoms with Crippen molar-refractivity contribution in [1.29, 1.82) is 0 Å². The van der Waals surface area contributed by atoms with Crippen LogP contribution in [0.3, 0.4) is 0 Å². The van der Waals surface area contributed by atoms with E-state index in [0.717, 1.165) is 45.6 Å². The number of piperazine rings is 1. The second kappa shape index (κ2) is 10.0. The fraction of sp³-hybridized carbons (Fsp3) is 0.944. The smallest absolute Gasteiger partial charge is 0.238 e. The monoisotopic (exact) mass is 388 g/mol. The van der Waals surface area contributed by atoms with Gasteiger partial charge in [-0.2, -0.15) is 4.31 Å². The molecule has 26 heavy (non-hydrogen) atoms. The molecule has 1 N–H and O–H groups in total. The zero-order valence-corrected chi connectivity index (χ0v) is 17.4. The summed E-state index contributed by atoms with van der Waals surface area (Å²) >= 11 is 0. The Labute approximate surface area is 159 Å². The largest absolute Gasteiger partial charge is 0.354 e. The molecule has 2 fully saturated rings. The highest BCUT2D eigenvalue weighted by atomic mass is 32.2. The molecule has 2 heterocycles. The van der Waals surface area contributed by atoms with E-state index in [1.807, 2.05) is 6.92 Å². The molecule has 0 spiro atoms. The van der Waals surface area contributed by atoms with E-state index in [1.165, 1.54) is 4.31 Å². The number of sulfonamides is 1. The molecule has 2 rings (SSSR count). The minimum Gasteiger partial charge on any atom is -0.354 e. The average molecular weight is 389 g/mol. The normalized spacial score (nSPS) is 25.1. The molecule has 2 aliphatic rings. The molecule has 2 unspecified atom stereocenters. The average Bonchev–Trinajstić information content (AvgIpc) is 2.61. The Bertz CT molecular complexity index is 547. The molecule has 152 valence electrons. The first-order valence-electron chi connectivity index (χ1n) is 10.0. The van der Waals surface area contributed by atoms with Crippen LogP contribution in [0.2, 0.25) is 0 Å². The molecule has 7 nitrogen and oxygen atoms in total. The zero-order valence-electron chi connectivity index (χ0n) is 16.6. The van der Waals surface area contributed by atoms with Crippen molar-refractivity contribution in [3.05, 3.63) is 0 Å². The number of nitrogens with zero attached hydrogens (tertiary/aromatic N) is 3. The molecule has 8 heteroatoms. The molecule has 0 aliphatic carbocycles. The lowest BCUT2D eigenvalue weighted by atomic mass is 10.0. The number of piperidine rings is 1. The lowest BCUT2D eigenvalue weighted by Crippen LogP contribution is -2.53. The minimum atomic E-state index is -3.33. The SMILES string of the molecule is CCCS(=O)(=O)N1CCCCC1C(=O)NCC(C)CN1CCN(C)CC1. The summed E-state index contributed by atoms with van der Waals surface area (Å²) < 4.78 is 26.4. The van der Waals surface area contributed by atoms with Gasteiger partial charge in [-0.3, -0.25) is 4.79 Å². The van der Waals surface area contributed by atoms with Crippen LogP contribution in [0.25, 0.3) is 0 Å². The number of rotatable bonds is 8. The van der Waals surface area contributed by atoms with Gasteiger partial charge in [-0.1, -0.05) is 20.3 Å². The van der Waals surface area contributed by atoms with E-state index in [1.54, 1.807) is 0 Å². The highest BCUT2D eigenvalue weighted by Crippen LogP contribution is 2.21. The summed E-state index contributed by atoms with van der Waals surface area (Å²) in [5, 5.41) is 3.01. The third-order valence-electron chi connectivity index (χ3n) is 5.37. The van der Waals surface area contributed by atoms with Crippen LogP contribution in [0.5, 0.6) is 0 Å². The van der Waals surface area contributed by atoms with Gasteiger partial charge < -0.3 is 15.1 Å². The van der Waals surface area contributed by atoms with E-state index in [2.05, 4.69) is 29.1 Å². The summed E-state index contributed by atoms with van der Waals surface area (Å²) in [4.78, 5) is 17.4. The first-order valence-corrected chi connectivity index (χ1v) is 11.6. The Kier molecular flexibility index (Phi) is 8.32. The minimum absolute atomic E-state index is 0.122. The van der Waals surface area contributed by atoms with E-state index >= 15 is 0 Å². The third-order valence-corrected chi connectivity index (χ3v) is 7.44. The lowest BCUT2D eigenvalue weighted by molar-refractivity contribution is -0.125. The second-order valence-corrected chi connectivity index (χ2v) is 9.93. The molecule has 0 bridgehead atoms. The Balaban J connectivity index is 1.83. The van der Waals surface area contributed by atoms with Crippen molar-refractivity contribution in [2.45, 2.75) is 45.6 Å². The molecule has 1 amide bonds. The van der Waals surface area contributed by atoms with Crippen molar-refractivity contribution in [2.75, 3.05) is 58.6 Å². The highest BCUT2D eigenvalue weighted by molar-refractivity contribution is 7.89. The van der Waals surface area contributed by atoms with Gasteiger partial charge in [0.15, 0.2) is 0 Å².